The van der Waals surface area contributed by atoms with Crippen LogP contribution in [0.5, 0.6) is 5.75 Å². The van der Waals surface area contributed by atoms with E-state index in [9.17, 15) is 9.59 Å². The van der Waals surface area contributed by atoms with Crippen molar-refractivity contribution in [3.8, 4) is 15.8 Å². The van der Waals surface area contributed by atoms with Gasteiger partial charge in [-0.3, -0.25) is 0 Å². The molecule has 0 aliphatic rings. The molecule has 0 amide bonds. The van der Waals surface area contributed by atoms with Crippen molar-refractivity contribution in [2.45, 2.75) is 20.5 Å². The fraction of sp³-hybridized carbons (Fsp3) is 0.158. The van der Waals surface area contributed by atoms with Crippen LogP contribution in [0.2, 0.25) is 0 Å². The van der Waals surface area contributed by atoms with E-state index in [0.717, 1.165) is 10.0 Å². The molecule has 0 fully saturated rings. The molecule has 4 nitrogen and oxygen atoms in total. The summed E-state index contributed by atoms with van der Waals surface area (Å²) in [5, 5.41) is 0. The minimum atomic E-state index is -0.435. The van der Waals surface area contributed by atoms with E-state index in [0.29, 0.717) is 23.5 Å². The molecular weight excluding hydrogens is 371 g/mol. The van der Waals surface area contributed by atoms with E-state index in [1.807, 2.05) is 24.3 Å². The first-order valence-electron chi connectivity index (χ1n) is 7.26. The Bertz CT molecular complexity index is 784. The summed E-state index contributed by atoms with van der Waals surface area (Å²) in [7, 11) is 0. The number of hydrogen-bond acceptors (Lipinski definition) is 4. The number of ether oxygens (including phenoxy) is 2. The van der Waals surface area contributed by atoms with Gasteiger partial charge in [-0.2, -0.15) is 0 Å². The standard InChI is InChI=1S/C19H18O4Se/c1-12(2)18(20)22-11-16-9-10-17(24-16)14-5-7-15(8-6-14)23-19(21)13(3)4/h5-10H,1,3,11H2,2,4H3. The van der Waals surface area contributed by atoms with Gasteiger partial charge in [-0.05, 0) is 0 Å². The van der Waals surface area contributed by atoms with Crippen molar-refractivity contribution < 1.29 is 19.1 Å². The molecule has 0 saturated heterocycles. The Balaban J connectivity index is 2.02. The zero-order valence-corrected chi connectivity index (χ0v) is 15.3. The van der Waals surface area contributed by atoms with Crippen LogP contribution in [0.1, 0.15) is 18.3 Å². The molecular formula is C19H18O4Se. The fourth-order valence-electron chi connectivity index (χ4n) is 1.75. The van der Waals surface area contributed by atoms with Crippen LogP contribution in [-0.4, -0.2) is 26.4 Å². The Morgan fingerprint density at radius 3 is 2.17 bits per heavy atom. The molecule has 124 valence electrons. The van der Waals surface area contributed by atoms with E-state index in [1.54, 1.807) is 26.0 Å². The quantitative estimate of drug-likeness (QED) is 0.328. The summed E-state index contributed by atoms with van der Waals surface area (Å²) in [6.07, 6.45) is 0. The molecule has 0 bridgehead atoms. The van der Waals surface area contributed by atoms with Gasteiger partial charge in [0.1, 0.15) is 0 Å². The van der Waals surface area contributed by atoms with Gasteiger partial charge in [-0.25, -0.2) is 0 Å². The van der Waals surface area contributed by atoms with Crippen molar-refractivity contribution in [1.82, 2.24) is 0 Å². The first kappa shape index (κ1) is 18.0. The molecule has 0 N–H and O–H groups in total. The van der Waals surface area contributed by atoms with Crippen LogP contribution in [0, 0.1) is 0 Å². The molecule has 1 aromatic heterocycles. The van der Waals surface area contributed by atoms with E-state index in [-0.39, 0.29) is 20.5 Å². The Morgan fingerprint density at radius 1 is 0.958 bits per heavy atom. The van der Waals surface area contributed by atoms with Crippen LogP contribution in [0.3, 0.4) is 0 Å². The van der Waals surface area contributed by atoms with Gasteiger partial charge in [0.05, 0.1) is 0 Å². The first-order valence-corrected chi connectivity index (χ1v) is 8.97. The third kappa shape index (κ3) is 4.82. The number of hydrogen-bond donors (Lipinski definition) is 0. The molecule has 1 aromatic carbocycles. The SMILES string of the molecule is C=C(C)C(=O)OCc1ccc(-c2ccc(OC(=O)C(=C)C)cc2)[se]1. The van der Waals surface area contributed by atoms with Crippen LogP contribution < -0.4 is 4.74 Å². The zero-order chi connectivity index (χ0) is 17.7. The second-order valence-electron chi connectivity index (χ2n) is 5.32. The average Bonchev–Trinajstić information content (AvgIpc) is 3.02. The van der Waals surface area contributed by atoms with Crippen LogP contribution in [0.4, 0.5) is 0 Å². The second-order valence-corrected chi connectivity index (χ2v) is 7.77. The monoisotopic (exact) mass is 390 g/mol. The van der Waals surface area contributed by atoms with Crippen LogP contribution in [-0.2, 0) is 20.9 Å². The minimum absolute atomic E-state index is 0.102. The summed E-state index contributed by atoms with van der Waals surface area (Å²) >= 11 is 0.102. The molecule has 0 radical (unpaired) electrons. The molecule has 2 rings (SSSR count). The van der Waals surface area contributed by atoms with Crippen molar-refractivity contribution >= 4 is 26.4 Å². The van der Waals surface area contributed by atoms with Crippen molar-refractivity contribution in [3.63, 3.8) is 0 Å². The topological polar surface area (TPSA) is 52.6 Å². The van der Waals surface area contributed by atoms with Crippen LogP contribution in [0.25, 0.3) is 10.0 Å². The summed E-state index contributed by atoms with van der Waals surface area (Å²) in [6.45, 7) is 10.6. The molecule has 24 heavy (non-hydrogen) atoms. The predicted octanol–water partition coefficient (Wildman–Crippen LogP) is 3.51. The normalized spacial score (nSPS) is 10.1. The van der Waals surface area contributed by atoms with Gasteiger partial charge in [-0.15, -0.1) is 0 Å². The van der Waals surface area contributed by atoms with Gasteiger partial charge in [0.2, 0.25) is 0 Å². The van der Waals surface area contributed by atoms with Crippen LogP contribution in [0.15, 0.2) is 60.7 Å². The molecule has 0 aliphatic carbocycles. The van der Waals surface area contributed by atoms with Gasteiger partial charge in [-0.1, -0.05) is 0 Å². The van der Waals surface area contributed by atoms with Gasteiger partial charge < -0.3 is 0 Å². The molecule has 2 aromatic rings. The van der Waals surface area contributed by atoms with Crippen molar-refractivity contribution in [3.05, 3.63) is 65.1 Å². The predicted molar refractivity (Wildman–Crippen MR) is 93.9 cm³/mol. The van der Waals surface area contributed by atoms with Crippen molar-refractivity contribution in [1.29, 1.82) is 0 Å². The Hall–Kier alpha value is -2.36. The third-order valence-electron chi connectivity index (χ3n) is 3.05. The maximum absolute atomic E-state index is 11.5. The van der Waals surface area contributed by atoms with E-state index in [4.69, 9.17) is 9.47 Å². The Kier molecular flexibility index (Phi) is 5.96. The Morgan fingerprint density at radius 2 is 1.58 bits per heavy atom. The molecule has 0 atom stereocenters. The summed E-state index contributed by atoms with van der Waals surface area (Å²) in [4.78, 5) is 22.9. The molecule has 0 saturated carbocycles. The van der Waals surface area contributed by atoms with Crippen molar-refractivity contribution in [2.24, 2.45) is 0 Å². The first-order chi connectivity index (χ1) is 11.4. The van der Waals surface area contributed by atoms with Gasteiger partial charge in [0, 0.05) is 0 Å². The number of rotatable bonds is 6. The average molecular weight is 389 g/mol. The summed E-state index contributed by atoms with van der Waals surface area (Å²) < 4.78 is 12.6. The van der Waals surface area contributed by atoms with Gasteiger partial charge >= 0.3 is 147 Å². The van der Waals surface area contributed by atoms with E-state index in [2.05, 4.69) is 13.2 Å². The summed E-state index contributed by atoms with van der Waals surface area (Å²) in [5.74, 6) is -0.319. The number of carbonyl (C=O) groups excluding carboxylic acids is 2. The summed E-state index contributed by atoms with van der Waals surface area (Å²) in [5.41, 5.74) is 1.82. The number of benzene rings is 1. The third-order valence-corrected chi connectivity index (χ3v) is 5.38. The maximum atomic E-state index is 11.5. The number of carbonyl (C=O) groups is 2. The Labute approximate surface area is 147 Å². The van der Waals surface area contributed by atoms with Gasteiger partial charge in [0.15, 0.2) is 0 Å². The van der Waals surface area contributed by atoms with Crippen LogP contribution >= 0.6 is 0 Å². The van der Waals surface area contributed by atoms with E-state index < -0.39 is 5.97 Å². The van der Waals surface area contributed by atoms with E-state index >= 15 is 0 Å². The second kappa shape index (κ2) is 7.95. The molecule has 0 spiro atoms. The molecule has 1 heterocycles. The molecule has 0 aliphatic heterocycles. The summed E-state index contributed by atoms with van der Waals surface area (Å²) in [6, 6.07) is 11.3. The zero-order valence-electron chi connectivity index (χ0n) is 13.6. The number of esters is 2. The molecule has 0 unspecified atom stereocenters. The van der Waals surface area contributed by atoms with Gasteiger partial charge in [0.25, 0.3) is 0 Å². The molecule has 5 heteroatoms. The fourth-order valence-corrected chi connectivity index (χ4v) is 3.70. The van der Waals surface area contributed by atoms with Crippen molar-refractivity contribution in [2.75, 3.05) is 0 Å². The van der Waals surface area contributed by atoms with E-state index in [1.165, 1.54) is 4.44 Å².